The molecule has 0 fully saturated rings. The molecule has 0 aliphatic rings. The van der Waals surface area contributed by atoms with E-state index in [1.165, 1.54) is 16.2 Å². The molecule has 5 heteroatoms. The molecule has 106 valence electrons. The Morgan fingerprint density at radius 1 is 1.30 bits per heavy atom. The van der Waals surface area contributed by atoms with Gasteiger partial charge in [0.25, 0.3) is 0 Å². The van der Waals surface area contributed by atoms with E-state index in [4.69, 9.17) is 16.1 Å². The normalized spacial score (nSPS) is 11.6. The molecule has 20 heavy (non-hydrogen) atoms. The van der Waals surface area contributed by atoms with Gasteiger partial charge in [0.2, 0.25) is 0 Å². The summed E-state index contributed by atoms with van der Waals surface area (Å²) >= 11 is 3.29. The number of aromatic nitrogens is 1. The molecule has 1 aromatic carbocycles. The third kappa shape index (κ3) is 3.61. The predicted octanol–water partition coefficient (Wildman–Crippen LogP) is 4.02. The number of hydrogen-bond donors (Lipinski definition) is 2. The van der Waals surface area contributed by atoms with Crippen molar-refractivity contribution in [1.29, 1.82) is 5.41 Å². The zero-order chi connectivity index (χ0) is 14.8. The molecule has 0 amide bonds. The number of nitrogen functional groups attached to an aromatic ring is 1. The summed E-state index contributed by atoms with van der Waals surface area (Å²) in [6.45, 7) is 6.30. The lowest BCUT2D eigenvalue weighted by Crippen LogP contribution is -2.19. The van der Waals surface area contributed by atoms with E-state index in [2.05, 4.69) is 32.9 Å². The Bertz CT molecular complexity index is 597. The zero-order valence-electron chi connectivity index (χ0n) is 11.9. The van der Waals surface area contributed by atoms with Crippen molar-refractivity contribution in [3.63, 3.8) is 0 Å². The van der Waals surface area contributed by atoms with E-state index in [0.717, 1.165) is 21.3 Å². The Labute approximate surface area is 128 Å². The van der Waals surface area contributed by atoms with Gasteiger partial charge in [0.15, 0.2) is 0 Å². The second-order valence-corrected chi connectivity index (χ2v) is 7.68. The van der Waals surface area contributed by atoms with Crippen LogP contribution in [0.5, 0.6) is 0 Å². The van der Waals surface area contributed by atoms with Crippen LogP contribution in [-0.4, -0.2) is 10.8 Å². The molecular formula is C15H19N3S2. The summed E-state index contributed by atoms with van der Waals surface area (Å²) in [5.41, 5.74) is 6.52. The molecule has 2 aromatic rings. The Kier molecular flexibility index (Phi) is 4.50. The van der Waals surface area contributed by atoms with E-state index in [1.54, 1.807) is 11.8 Å². The highest BCUT2D eigenvalue weighted by molar-refractivity contribution is 7.98. The molecule has 1 aromatic heterocycles. The molecule has 0 unspecified atom stereocenters. The van der Waals surface area contributed by atoms with Gasteiger partial charge in [-0.3, -0.25) is 5.41 Å². The first kappa shape index (κ1) is 15.1. The van der Waals surface area contributed by atoms with E-state index in [9.17, 15) is 0 Å². The van der Waals surface area contributed by atoms with E-state index in [0.29, 0.717) is 0 Å². The number of hydrogen-bond acceptors (Lipinski definition) is 4. The van der Waals surface area contributed by atoms with Gasteiger partial charge in [-0.15, -0.1) is 23.1 Å². The van der Waals surface area contributed by atoms with Gasteiger partial charge in [-0.25, -0.2) is 4.98 Å². The van der Waals surface area contributed by atoms with Gasteiger partial charge in [-0.05, 0) is 12.1 Å². The lowest BCUT2D eigenvalue weighted by molar-refractivity contribution is 0.570. The first-order valence-electron chi connectivity index (χ1n) is 6.40. The molecule has 0 radical (unpaired) electrons. The summed E-state index contributed by atoms with van der Waals surface area (Å²) in [5, 5.41) is 8.73. The number of nitrogens with zero attached hydrogens (tertiary/aromatic N) is 1. The summed E-state index contributed by atoms with van der Waals surface area (Å²) in [6, 6.07) is 10.3. The zero-order valence-corrected chi connectivity index (χ0v) is 13.6. The van der Waals surface area contributed by atoms with Crippen molar-refractivity contribution in [3.8, 4) is 0 Å². The van der Waals surface area contributed by atoms with Crippen LogP contribution in [0.3, 0.4) is 0 Å². The number of thiazole rings is 1. The molecule has 0 atom stereocenters. The van der Waals surface area contributed by atoms with Crippen LogP contribution >= 0.6 is 23.1 Å². The maximum atomic E-state index is 7.71. The highest BCUT2D eigenvalue weighted by Crippen LogP contribution is 2.32. The molecule has 0 aliphatic carbocycles. The minimum absolute atomic E-state index is 0.0901. The van der Waals surface area contributed by atoms with E-state index in [1.807, 2.05) is 18.2 Å². The third-order valence-corrected chi connectivity index (χ3v) is 5.03. The number of nitrogens with one attached hydrogen (secondary N) is 1. The average molecular weight is 305 g/mol. The van der Waals surface area contributed by atoms with Gasteiger partial charge >= 0.3 is 0 Å². The quantitative estimate of drug-likeness (QED) is 0.509. The molecule has 3 N–H and O–H groups in total. The van der Waals surface area contributed by atoms with Crippen LogP contribution in [0.15, 0.2) is 35.2 Å². The SMILES string of the molecule is CC(C)(C)c1nc(CSc2ccccc2)sc1C(=N)N. The highest BCUT2D eigenvalue weighted by atomic mass is 32.2. The van der Waals surface area contributed by atoms with Crippen molar-refractivity contribution in [2.24, 2.45) is 5.73 Å². The fourth-order valence-corrected chi connectivity index (χ4v) is 3.83. The Balaban J connectivity index is 2.19. The standard InChI is InChI=1S/C15H19N3S2/c1-15(2,3)13-12(14(16)17)20-11(18-13)9-19-10-7-5-4-6-8-10/h4-8H,9H2,1-3H3,(H3,16,17). The van der Waals surface area contributed by atoms with Crippen LogP contribution < -0.4 is 5.73 Å². The van der Waals surface area contributed by atoms with Crippen LogP contribution in [0.25, 0.3) is 0 Å². The number of benzene rings is 1. The number of thioether (sulfide) groups is 1. The maximum absolute atomic E-state index is 7.71. The number of amidine groups is 1. The van der Waals surface area contributed by atoms with Crippen LogP contribution in [0.4, 0.5) is 0 Å². The summed E-state index contributed by atoms with van der Waals surface area (Å²) in [6.07, 6.45) is 0. The maximum Gasteiger partial charge on any atom is 0.135 e. The highest BCUT2D eigenvalue weighted by Gasteiger charge is 2.24. The molecule has 3 nitrogen and oxygen atoms in total. The van der Waals surface area contributed by atoms with Crippen LogP contribution in [0.1, 0.15) is 36.3 Å². The number of rotatable bonds is 4. The second kappa shape index (κ2) is 5.97. The van der Waals surface area contributed by atoms with Gasteiger partial charge in [-0.2, -0.15) is 0 Å². The molecule has 0 saturated carbocycles. The van der Waals surface area contributed by atoms with Crippen molar-refractivity contribution in [3.05, 3.63) is 45.9 Å². The van der Waals surface area contributed by atoms with Crippen molar-refractivity contribution >= 4 is 28.9 Å². The van der Waals surface area contributed by atoms with E-state index < -0.39 is 0 Å². The second-order valence-electron chi connectivity index (χ2n) is 5.55. The topological polar surface area (TPSA) is 62.8 Å². The fraction of sp³-hybridized carbons (Fsp3) is 0.333. The molecule has 0 saturated heterocycles. The van der Waals surface area contributed by atoms with Gasteiger partial charge in [-0.1, -0.05) is 39.0 Å². The van der Waals surface area contributed by atoms with Gasteiger partial charge in [0.1, 0.15) is 10.8 Å². The molecule has 1 heterocycles. The molecule has 0 bridgehead atoms. The lowest BCUT2D eigenvalue weighted by atomic mass is 9.91. The van der Waals surface area contributed by atoms with E-state index >= 15 is 0 Å². The first-order valence-corrected chi connectivity index (χ1v) is 8.20. The molecule has 0 aliphatic heterocycles. The molecular weight excluding hydrogens is 286 g/mol. The Morgan fingerprint density at radius 2 is 1.95 bits per heavy atom. The smallest absolute Gasteiger partial charge is 0.135 e. The fourth-order valence-electron chi connectivity index (χ4n) is 1.78. The van der Waals surface area contributed by atoms with Crippen molar-refractivity contribution in [1.82, 2.24) is 4.98 Å². The average Bonchev–Trinajstić information content (AvgIpc) is 2.82. The summed E-state index contributed by atoms with van der Waals surface area (Å²) in [5.74, 6) is 0.925. The van der Waals surface area contributed by atoms with Gasteiger partial charge in [0, 0.05) is 10.3 Å². The predicted molar refractivity (Wildman–Crippen MR) is 87.8 cm³/mol. The van der Waals surface area contributed by atoms with Gasteiger partial charge in [0.05, 0.1) is 16.3 Å². The minimum atomic E-state index is -0.0901. The van der Waals surface area contributed by atoms with Crippen molar-refractivity contribution in [2.45, 2.75) is 36.8 Å². The van der Waals surface area contributed by atoms with Crippen LogP contribution in [0, 0.1) is 5.41 Å². The lowest BCUT2D eigenvalue weighted by Gasteiger charge is -2.16. The van der Waals surface area contributed by atoms with Gasteiger partial charge < -0.3 is 5.73 Å². The largest absolute Gasteiger partial charge is 0.383 e. The summed E-state index contributed by atoms with van der Waals surface area (Å²) < 4.78 is 0. The Hall–Kier alpha value is -1.33. The first-order chi connectivity index (χ1) is 9.38. The summed E-state index contributed by atoms with van der Waals surface area (Å²) in [4.78, 5) is 6.73. The van der Waals surface area contributed by atoms with Crippen molar-refractivity contribution < 1.29 is 0 Å². The van der Waals surface area contributed by atoms with Crippen LogP contribution in [0.2, 0.25) is 0 Å². The third-order valence-electron chi connectivity index (χ3n) is 2.73. The minimum Gasteiger partial charge on any atom is -0.383 e. The van der Waals surface area contributed by atoms with E-state index in [-0.39, 0.29) is 11.3 Å². The van der Waals surface area contributed by atoms with Crippen molar-refractivity contribution in [2.75, 3.05) is 0 Å². The van der Waals surface area contributed by atoms with Crippen LogP contribution in [-0.2, 0) is 11.2 Å². The molecule has 2 rings (SSSR count). The number of nitrogens with two attached hydrogens (primary N) is 1. The molecule has 0 spiro atoms. The Morgan fingerprint density at radius 3 is 2.45 bits per heavy atom. The summed E-state index contributed by atoms with van der Waals surface area (Å²) in [7, 11) is 0. The monoisotopic (exact) mass is 305 g/mol.